The lowest BCUT2D eigenvalue weighted by Crippen LogP contribution is -2.08. The molecule has 0 aliphatic heterocycles. The van der Waals surface area contributed by atoms with E-state index in [4.69, 9.17) is 4.74 Å². The smallest absolute Gasteiger partial charge is 0.387 e. The van der Waals surface area contributed by atoms with Gasteiger partial charge in [-0.3, -0.25) is 10.1 Å². The molecule has 1 amide bonds. The third-order valence-corrected chi connectivity index (χ3v) is 3.36. The summed E-state index contributed by atoms with van der Waals surface area (Å²) in [6.45, 7) is -1.25. The average Bonchev–Trinajstić information content (AvgIpc) is 2.90. The molecule has 0 bridgehead atoms. The van der Waals surface area contributed by atoms with Gasteiger partial charge >= 0.3 is 6.61 Å². The normalized spacial score (nSPS) is 11.0. The molecule has 1 aromatic carbocycles. The Bertz CT molecular complexity index is 719. The number of anilines is 1. The number of nitrogens with one attached hydrogen (secondary N) is 1. The van der Waals surface area contributed by atoms with E-state index in [9.17, 15) is 13.6 Å². The zero-order valence-corrected chi connectivity index (χ0v) is 13.1. The molecule has 0 radical (unpaired) electrons. The number of halogens is 2. The largest absolute Gasteiger partial charge is 0.493 e. The van der Waals surface area contributed by atoms with Crippen molar-refractivity contribution in [2.45, 2.75) is 13.5 Å². The predicted molar refractivity (Wildman–Crippen MR) is 81.9 cm³/mol. The maximum Gasteiger partial charge on any atom is 0.387 e. The van der Waals surface area contributed by atoms with Crippen molar-refractivity contribution >= 4 is 28.5 Å². The Hall–Kier alpha value is -2.55. The van der Waals surface area contributed by atoms with E-state index in [1.807, 2.05) is 0 Å². The van der Waals surface area contributed by atoms with Crippen molar-refractivity contribution in [2.75, 3.05) is 12.4 Å². The molecule has 0 saturated heterocycles. The molecule has 23 heavy (non-hydrogen) atoms. The molecule has 0 aliphatic carbocycles. The van der Waals surface area contributed by atoms with E-state index in [1.165, 1.54) is 42.7 Å². The van der Waals surface area contributed by atoms with Crippen LogP contribution < -0.4 is 14.8 Å². The molecule has 0 unspecified atom stereocenters. The van der Waals surface area contributed by atoms with Gasteiger partial charge in [-0.2, -0.15) is 8.78 Å². The minimum atomic E-state index is -3.00. The number of aromatic nitrogens is 2. The lowest BCUT2D eigenvalue weighted by molar-refractivity contribution is -0.111. The molecule has 0 fully saturated rings. The third-order valence-electron chi connectivity index (χ3n) is 2.61. The first kappa shape index (κ1) is 16.8. The quantitative estimate of drug-likeness (QED) is 0.817. The van der Waals surface area contributed by atoms with Crippen LogP contribution in [0.3, 0.4) is 0 Å². The van der Waals surface area contributed by atoms with Crippen LogP contribution in [0.4, 0.5) is 13.9 Å². The van der Waals surface area contributed by atoms with E-state index in [0.29, 0.717) is 10.1 Å². The zero-order valence-electron chi connectivity index (χ0n) is 12.2. The minimum Gasteiger partial charge on any atom is -0.493 e. The molecule has 2 rings (SSSR count). The standard InChI is InChI=1S/C14H13F2N3O3S/c1-8-18-19-14(23-8)17-11(20)7-6-9-4-3-5-10(21-2)12(9)22-13(15)16/h3-7,13H,1-2H3,(H,17,19,20). The van der Waals surface area contributed by atoms with Gasteiger partial charge in [0.05, 0.1) is 7.11 Å². The zero-order chi connectivity index (χ0) is 16.8. The molecule has 2 aromatic rings. The highest BCUT2D eigenvalue weighted by molar-refractivity contribution is 7.15. The first-order chi connectivity index (χ1) is 11.0. The molecule has 0 aliphatic rings. The first-order valence-electron chi connectivity index (χ1n) is 6.40. The Labute approximate surface area is 134 Å². The lowest BCUT2D eigenvalue weighted by Gasteiger charge is -2.12. The summed E-state index contributed by atoms with van der Waals surface area (Å²) in [7, 11) is 1.34. The highest BCUT2D eigenvalue weighted by Gasteiger charge is 2.14. The monoisotopic (exact) mass is 341 g/mol. The van der Waals surface area contributed by atoms with Crippen LogP contribution in [-0.2, 0) is 4.79 Å². The van der Waals surface area contributed by atoms with Gasteiger partial charge in [-0.25, -0.2) is 0 Å². The molecule has 6 nitrogen and oxygen atoms in total. The van der Waals surface area contributed by atoms with Crippen molar-refractivity contribution < 1.29 is 23.0 Å². The molecular weight excluding hydrogens is 328 g/mol. The van der Waals surface area contributed by atoms with E-state index in [2.05, 4.69) is 20.3 Å². The third kappa shape index (κ3) is 4.71. The molecule has 0 atom stereocenters. The van der Waals surface area contributed by atoms with Crippen LogP contribution >= 0.6 is 11.3 Å². The number of ether oxygens (including phenoxy) is 2. The number of methoxy groups -OCH3 is 1. The van der Waals surface area contributed by atoms with Crippen LogP contribution in [0.5, 0.6) is 11.5 Å². The Morgan fingerprint density at radius 3 is 2.78 bits per heavy atom. The van der Waals surface area contributed by atoms with E-state index in [1.54, 1.807) is 13.0 Å². The number of alkyl halides is 2. The number of amides is 1. The summed E-state index contributed by atoms with van der Waals surface area (Å²) in [6, 6.07) is 4.61. The number of benzene rings is 1. The minimum absolute atomic E-state index is 0.138. The second-order valence-electron chi connectivity index (χ2n) is 4.21. The summed E-state index contributed by atoms with van der Waals surface area (Å²) in [6.07, 6.45) is 2.54. The summed E-state index contributed by atoms with van der Waals surface area (Å²) in [5.41, 5.74) is 0.285. The highest BCUT2D eigenvalue weighted by atomic mass is 32.1. The van der Waals surface area contributed by atoms with Gasteiger partial charge < -0.3 is 9.47 Å². The summed E-state index contributed by atoms with van der Waals surface area (Å²) in [5, 5.41) is 11.1. The van der Waals surface area contributed by atoms with Gasteiger partial charge in [0.15, 0.2) is 11.5 Å². The molecule has 0 spiro atoms. The van der Waals surface area contributed by atoms with Gasteiger partial charge in [0.25, 0.3) is 0 Å². The number of rotatable bonds is 6. The summed E-state index contributed by atoms with van der Waals surface area (Å²) in [4.78, 5) is 11.8. The fraction of sp³-hybridized carbons (Fsp3) is 0.214. The molecule has 0 saturated carbocycles. The van der Waals surface area contributed by atoms with Crippen LogP contribution in [-0.4, -0.2) is 29.8 Å². The maximum atomic E-state index is 12.5. The summed E-state index contributed by atoms with van der Waals surface area (Å²) in [5.74, 6) is -0.458. The number of carbonyl (C=O) groups excluding carboxylic acids is 1. The van der Waals surface area contributed by atoms with Gasteiger partial charge in [-0.1, -0.05) is 23.5 Å². The van der Waals surface area contributed by atoms with Gasteiger partial charge in [-0.15, -0.1) is 10.2 Å². The summed E-state index contributed by atoms with van der Waals surface area (Å²) < 4.78 is 34.5. The van der Waals surface area contributed by atoms with Crippen molar-refractivity contribution in [1.82, 2.24) is 10.2 Å². The second kappa shape index (κ2) is 7.63. The van der Waals surface area contributed by atoms with Crippen molar-refractivity contribution in [2.24, 2.45) is 0 Å². The first-order valence-corrected chi connectivity index (χ1v) is 7.22. The lowest BCUT2D eigenvalue weighted by atomic mass is 10.1. The Morgan fingerprint density at radius 2 is 2.17 bits per heavy atom. The Balaban J connectivity index is 2.16. The van der Waals surface area contributed by atoms with Crippen LogP contribution in [0.1, 0.15) is 10.6 Å². The number of nitrogens with zero attached hydrogens (tertiary/aromatic N) is 2. The van der Waals surface area contributed by atoms with Gasteiger partial charge in [0, 0.05) is 11.6 Å². The van der Waals surface area contributed by atoms with Crippen molar-refractivity contribution in [1.29, 1.82) is 0 Å². The van der Waals surface area contributed by atoms with Crippen LogP contribution in [0.15, 0.2) is 24.3 Å². The van der Waals surface area contributed by atoms with Crippen LogP contribution in [0.25, 0.3) is 6.08 Å². The van der Waals surface area contributed by atoms with Gasteiger partial charge in [-0.05, 0) is 19.1 Å². The highest BCUT2D eigenvalue weighted by Crippen LogP contribution is 2.33. The second-order valence-corrected chi connectivity index (χ2v) is 5.39. The fourth-order valence-corrected chi connectivity index (χ4v) is 2.29. The number of hydrogen-bond acceptors (Lipinski definition) is 6. The van der Waals surface area contributed by atoms with Crippen molar-refractivity contribution in [3.63, 3.8) is 0 Å². The number of aryl methyl sites for hydroxylation is 1. The van der Waals surface area contributed by atoms with Crippen LogP contribution in [0.2, 0.25) is 0 Å². The van der Waals surface area contributed by atoms with E-state index in [0.717, 1.165) is 0 Å². The van der Waals surface area contributed by atoms with Crippen LogP contribution in [0, 0.1) is 6.92 Å². The van der Waals surface area contributed by atoms with Gasteiger partial charge in [0.1, 0.15) is 5.01 Å². The number of hydrogen-bond donors (Lipinski definition) is 1. The molecule has 1 heterocycles. The SMILES string of the molecule is COc1cccc(C=CC(=O)Nc2nnc(C)s2)c1OC(F)F. The molecule has 9 heteroatoms. The maximum absolute atomic E-state index is 12.5. The predicted octanol–water partition coefficient (Wildman–Crippen LogP) is 3.11. The number of para-hydroxylation sites is 1. The fourth-order valence-electron chi connectivity index (χ4n) is 1.70. The Morgan fingerprint density at radius 1 is 1.39 bits per heavy atom. The summed E-state index contributed by atoms with van der Waals surface area (Å²) >= 11 is 1.22. The Kier molecular flexibility index (Phi) is 5.58. The topological polar surface area (TPSA) is 73.3 Å². The molecule has 122 valence electrons. The molecule has 1 N–H and O–H groups in total. The van der Waals surface area contributed by atoms with Gasteiger partial charge in [0.2, 0.25) is 11.0 Å². The molecule has 1 aromatic heterocycles. The van der Waals surface area contributed by atoms with Crippen molar-refractivity contribution in [3.05, 3.63) is 34.8 Å². The number of carbonyl (C=O) groups is 1. The van der Waals surface area contributed by atoms with E-state index < -0.39 is 12.5 Å². The van der Waals surface area contributed by atoms with Crippen molar-refractivity contribution in [3.8, 4) is 11.5 Å². The average molecular weight is 341 g/mol. The van der Waals surface area contributed by atoms with E-state index in [-0.39, 0.29) is 17.1 Å². The van der Waals surface area contributed by atoms with E-state index >= 15 is 0 Å². The molecular formula is C14H13F2N3O3S.